The van der Waals surface area contributed by atoms with E-state index >= 15 is 0 Å². The predicted molar refractivity (Wildman–Crippen MR) is 133 cm³/mol. The fourth-order valence-electron chi connectivity index (χ4n) is 8.74. The molecule has 4 aliphatic carbocycles. The van der Waals surface area contributed by atoms with Gasteiger partial charge in [-0.05, 0) is 112 Å². The minimum absolute atomic E-state index is 0.437. The SMILES string of the molecule is C[C@H](CCCC(C)(C)O)[C@H]1CC[C@H]2[C@@H]3CC=C4C[C@@H](OI)CC[C@]4(C)[C@H]3CC[C@]12C. The topological polar surface area (TPSA) is 29.5 Å². The molecule has 1 N–H and O–H groups in total. The molecule has 30 heavy (non-hydrogen) atoms. The maximum Gasteiger partial charge on any atom is 0.110 e. The van der Waals surface area contributed by atoms with Gasteiger partial charge in [0, 0.05) is 0 Å². The van der Waals surface area contributed by atoms with E-state index in [0.29, 0.717) is 16.9 Å². The standard InChI is InChI=1S/C27H45IO2/c1-18(7-6-14-25(2,3)29)22-10-11-23-21-9-8-19-17-20(30-28)12-15-26(19,4)24(21)13-16-27(22,23)5/h8,18,20-24,29H,6-7,9-17H2,1-5H3/t18-,20+,21+,22-,23+,24+,26+,27-/m1/s1. The summed E-state index contributed by atoms with van der Waals surface area (Å²) in [4.78, 5) is 0. The van der Waals surface area contributed by atoms with Crippen molar-refractivity contribution in [1.29, 1.82) is 0 Å². The molecule has 2 nitrogen and oxygen atoms in total. The zero-order valence-electron chi connectivity index (χ0n) is 20.1. The summed E-state index contributed by atoms with van der Waals surface area (Å²) in [5, 5.41) is 10.1. The number of aliphatic hydroxyl groups is 1. The zero-order valence-corrected chi connectivity index (χ0v) is 22.2. The molecule has 4 rings (SSSR count). The molecule has 172 valence electrons. The van der Waals surface area contributed by atoms with Gasteiger partial charge in [0.05, 0.1) is 11.7 Å². The van der Waals surface area contributed by atoms with Crippen molar-refractivity contribution in [3.63, 3.8) is 0 Å². The summed E-state index contributed by atoms with van der Waals surface area (Å²) in [6, 6.07) is 0. The third-order valence-electron chi connectivity index (χ3n) is 10.4. The molecule has 3 heteroatoms. The van der Waals surface area contributed by atoms with Crippen LogP contribution in [0.25, 0.3) is 0 Å². The number of halogens is 1. The number of allylic oxidation sites excluding steroid dienone is 1. The van der Waals surface area contributed by atoms with Gasteiger partial charge in [-0.15, -0.1) is 0 Å². The Hall–Kier alpha value is 0.390. The molecule has 3 saturated carbocycles. The van der Waals surface area contributed by atoms with E-state index in [1.54, 1.807) is 5.57 Å². The van der Waals surface area contributed by atoms with Crippen molar-refractivity contribution in [2.75, 3.05) is 0 Å². The second kappa shape index (κ2) is 8.63. The molecular formula is C27H45IO2. The largest absolute Gasteiger partial charge is 0.390 e. The van der Waals surface area contributed by atoms with Gasteiger partial charge in [-0.2, -0.15) is 0 Å². The van der Waals surface area contributed by atoms with E-state index < -0.39 is 5.60 Å². The zero-order chi connectivity index (χ0) is 21.7. The van der Waals surface area contributed by atoms with Crippen LogP contribution in [0.4, 0.5) is 0 Å². The van der Waals surface area contributed by atoms with Crippen LogP contribution < -0.4 is 0 Å². The lowest BCUT2D eigenvalue weighted by molar-refractivity contribution is -0.0547. The third-order valence-corrected chi connectivity index (χ3v) is 11.1. The predicted octanol–water partition coefficient (Wildman–Crippen LogP) is 7.88. The van der Waals surface area contributed by atoms with Crippen LogP contribution in [0.1, 0.15) is 105 Å². The van der Waals surface area contributed by atoms with Gasteiger partial charge in [-0.3, -0.25) is 0 Å². The van der Waals surface area contributed by atoms with Crippen molar-refractivity contribution in [2.24, 2.45) is 40.4 Å². The van der Waals surface area contributed by atoms with E-state index in [2.05, 4.69) is 49.9 Å². The van der Waals surface area contributed by atoms with E-state index in [-0.39, 0.29) is 0 Å². The average molecular weight is 529 g/mol. The van der Waals surface area contributed by atoms with E-state index in [1.807, 2.05) is 13.8 Å². The van der Waals surface area contributed by atoms with Crippen molar-refractivity contribution in [3.8, 4) is 0 Å². The molecule has 0 saturated heterocycles. The number of hydrogen-bond acceptors (Lipinski definition) is 2. The summed E-state index contributed by atoms with van der Waals surface area (Å²) in [6.07, 6.45) is 17.3. The highest BCUT2D eigenvalue weighted by molar-refractivity contribution is 14.1. The molecule has 8 atom stereocenters. The first kappa shape index (κ1) is 23.5. The Labute approximate surface area is 199 Å². The second-order valence-electron chi connectivity index (χ2n) is 12.6. The Morgan fingerprint density at radius 3 is 2.63 bits per heavy atom. The highest BCUT2D eigenvalue weighted by atomic mass is 127. The Morgan fingerprint density at radius 1 is 1.17 bits per heavy atom. The summed E-state index contributed by atoms with van der Waals surface area (Å²) in [6.45, 7) is 11.7. The van der Waals surface area contributed by atoms with Gasteiger partial charge in [-0.25, -0.2) is 0 Å². The van der Waals surface area contributed by atoms with Crippen LogP contribution in [-0.2, 0) is 3.07 Å². The average Bonchev–Trinajstić information content (AvgIpc) is 3.03. The molecule has 0 radical (unpaired) electrons. The number of fused-ring (bicyclic) bond motifs is 5. The summed E-state index contributed by atoms with van der Waals surface area (Å²) in [5.74, 6) is 4.40. The van der Waals surface area contributed by atoms with Gasteiger partial charge in [-0.1, -0.05) is 45.3 Å². The summed E-state index contributed by atoms with van der Waals surface area (Å²) in [5.41, 5.74) is 2.20. The lowest BCUT2D eigenvalue weighted by Gasteiger charge is -2.58. The van der Waals surface area contributed by atoms with Gasteiger partial charge in [0.25, 0.3) is 0 Å². The van der Waals surface area contributed by atoms with Crippen LogP contribution in [0.15, 0.2) is 11.6 Å². The van der Waals surface area contributed by atoms with Crippen LogP contribution in [0.5, 0.6) is 0 Å². The van der Waals surface area contributed by atoms with E-state index in [0.717, 1.165) is 42.4 Å². The van der Waals surface area contributed by atoms with Gasteiger partial charge < -0.3 is 8.17 Å². The Kier molecular flexibility index (Phi) is 6.77. The first-order valence-electron chi connectivity index (χ1n) is 12.8. The van der Waals surface area contributed by atoms with E-state index in [9.17, 15) is 5.11 Å². The minimum Gasteiger partial charge on any atom is -0.390 e. The molecule has 0 heterocycles. The van der Waals surface area contributed by atoms with Crippen LogP contribution in [0.3, 0.4) is 0 Å². The van der Waals surface area contributed by atoms with E-state index in [4.69, 9.17) is 3.07 Å². The first-order valence-corrected chi connectivity index (χ1v) is 13.7. The molecule has 0 aromatic carbocycles. The summed E-state index contributed by atoms with van der Waals surface area (Å²) < 4.78 is 5.71. The summed E-state index contributed by atoms with van der Waals surface area (Å²) >= 11 is 2.11. The van der Waals surface area contributed by atoms with Crippen LogP contribution >= 0.6 is 23.0 Å². The molecule has 0 aromatic heterocycles. The maximum atomic E-state index is 10.1. The van der Waals surface area contributed by atoms with Crippen molar-refractivity contribution < 1.29 is 8.17 Å². The van der Waals surface area contributed by atoms with Crippen LogP contribution in [0.2, 0.25) is 0 Å². The number of rotatable bonds is 6. The molecule has 3 fully saturated rings. The fraction of sp³-hybridized carbons (Fsp3) is 0.926. The highest BCUT2D eigenvalue weighted by Crippen LogP contribution is 2.67. The fourth-order valence-corrected chi connectivity index (χ4v) is 9.17. The minimum atomic E-state index is -0.511. The molecular weight excluding hydrogens is 483 g/mol. The highest BCUT2D eigenvalue weighted by Gasteiger charge is 2.59. The van der Waals surface area contributed by atoms with Crippen LogP contribution in [0, 0.1) is 40.4 Å². The normalized spacial score (nSPS) is 44.6. The Balaban J connectivity index is 1.47. The molecule has 0 spiro atoms. The van der Waals surface area contributed by atoms with Crippen molar-refractivity contribution in [2.45, 2.75) is 117 Å². The molecule has 4 aliphatic rings. The van der Waals surface area contributed by atoms with Crippen molar-refractivity contribution in [3.05, 3.63) is 11.6 Å². The van der Waals surface area contributed by atoms with E-state index in [1.165, 1.54) is 57.8 Å². The van der Waals surface area contributed by atoms with Crippen molar-refractivity contribution in [1.82, 2.24) is 0 Å². The van der Waals surface area contributed by atoms with Gasteiger partial charge >= 0.3 is 0 Å². The lowest BCUT2D eigenvalue weighted by atomic mass is 9.47. The number of hydrogen-bond donors (Lipinski definition) is 1. The quantitative estimate of drug-likeness (QED) is 0.281. The van der Waals surface area contributed by atoms with Crippen molar-refractivity contribution >= 4 is 23.0 Å². The Morgan fingerprint density at radius 2 is 1.93 bits per heavy atom. The van der Waals surface area contributed by atoms with Gasteiger partial charge in [0.15, 0.2) is 0 Å². The first-order chi connectivity index (χ1) is 14.1. The summed E-state index contributed by atoms with van der Waals surface area (Å²) in [7, 11) is 0. The molecule has 0 aliphatic heterocycles. The molecule has 0 bridgehead atoms. The second-order valence-corrected chi connectivity index (χ2v) is 13.1. The van der Waals surface area contributed by atoms with Gasteiger partial charge in [0.2, 0.25) is 0 Å². The van der Waals surface area contributed by atoms with Gasteiger partial charge in [0.1, 0.15) is 23.0 Å². The third kappa shape index (κ3) is 4.18. The van der Waals surface area contributed by atoms with Crippen LogP contribution in [-0.4, -0.2) is 16.8 Å². The Bertz CT molecular complexity index is 652. The smallest absolute Gasteiger partial charge is 0.110 e. The monoisotopic (exact) mass is 528 g/mol. The lowest BCUT2D eigenvalue weighted by Crippen LogP contribution is -2.50. The molecule has 0 aromatic rings. The maximum absolute atomic E-state index is 10.1. The molecule has 0 unspecified atom stereocenters. The molecule has 0 amide bonds.